The minimum Gasteiger partial charge on any atom is -0.468 e. The summed E-state index contributed by atoms with van der Waals surface area (Å²) >= 11 is 0. The lowest BCUT2D eigenvalue weighted by molar-refractivity contribution is 0.0654. The zero-order valence-corrected chi connectivity index (χ0v) is 9.10. The van der Waals surface area contributed by atoms with Gasteiger partial charge in [-0.1, -0.05) is 6.92 Å². The number of likely N-dealkylation sites (N-methyl/N-ethyl adjacent to an activating group) is 1. The van der Waals surface area contributed by atoms with Crippen LogP contribution in [0.4, 0.5) is 0 Å². The van der Waals surface area contributed by atoms with Gasteiger partial charge in [0.2, 0.25) is 0 Å². The van der Waals surface area contributed by atoms with Crippen LogP contribution in [0.25, 0.3) is 0 Å². The van der Waals surface area contributed by atoms with Gasteiger partial charge in [0.25, 0.3) is 0 Å². The highest BCUT2D eigenvalue weighted by Crippen LogP contribution is 2.10. The molecule has 0 aromatic carbocycles. The first-order valence-electron chi connectivity index (χ1n) is 5.09. The molecule has 3 heteroatoms. The number of nitrogens with zero attached hydrogens (tertiary/aromatic N) is 1. The van der Waals surface area contributed by atoms with E-state index in [1.807, 2.05) is 26.0 Å². The quantitative estimate of drug-likeness (QED) is 0.783. The zero-order valence-electron chi connectivity index (χ0n) is 9.10. The molecule has 1 aromatic rings. The molecule has 0 saturated carbocycles. The van der Waals surface area contributed by atoms with Crippen molar-refractivity contribution in [1.29, 1.82) is 0 Å². The van der Waals surface area contributed by atoms with Crippen LogP contribution in [0.2, 0.25) is 0 Å². The van der Waals surface area contributed by atoms with Gasteiger partial charge in [0.15, 0.2) is 0 Å². The van der Waals surface area contributed by atoms with Crippen LogP contribution in [0.15, 0.2) is 22.8 Å². The minimum atomic E-state index is -0.315. The van der Waals surface area contributed by atoms with Crippen molar-refractivity contribution in [2.45, 2.75) is 39.5 Å². The summed E-state index contributed by atoms with van der Waals surface area (Å²) in [6, 6.07) is 4.00. The van der Waals surface area contributed by atoms with E-state index in [0.717, 1.165) is 18.8 Å². The van der Waals surface area contributed by atoms with E-state index < -0.39 is 0 Å². The molecule has 1 heterocycles. The second-order valence-electron chi connectivity index (χ2n) is 3.62. The third kappa shape index (κ3) is 2.86. The summed E-state index contributed by atoms with van der Waals surface area (Å²) in [5.41, 5.74) is 0. The van der Waals surface area contributed by atoms with Gasteiger partial charge in [0.05, 0.1) is 18.9 Å². The highest BCUT2D eigenvalue weighted by atomic mass is 16.3. The van der Waals surface area contributed by atoms with Crippen LogP contribution in [-0.2, 0) is 6.54 Å². The highest BCUT2D eigenvalue weighted by molar-refractivity contribution is 4.98. The molecule has 1 aromatic heterocycles. The molecule has 2 unspecified atom stereocenters. The van der Waals surface area contributed by atoms with E-state index in [1.54, 1.807) is 6.26 Å². The third-order valence-corrected chi connectivity index (χ3v) is 2.62. The van der Waals surface area contributed by atoms with Gasteiger partial charge in [0.1, 0.15) is 5.76 Å². The van der Waals surface area contributed by atoms with E-state index in [0.29, 0.717) is 0 Å². The monoisotopic (exact) mass is 197 g/mol. The second-order valence-corrected chi connectivity index (χ2v) is 3.62. The van der Waals surface area contributed by atoms with Crippen molar-refractivity contribution in [3.63, 3.8) is 0 Å². The average Bonchev–Trinajstić information content (AvgIpc) is 2.65. The molecule has 0 radical (unpaired) electrons. The maximum Gasteiger partial charge on any atom is 0.117 e. The molecule has 0 saturated heterocycles. The van der Waals surface area contributed by atoms with Crippen LogP contribution >= 0.6 is 0 Å². The Balaban J connectivity index is 2.55. The number of aliphatic hydroxyl groups excluding tert-OH is 1. The summed E-state index contributed by atoms with van der Waals surface area (Å²) in [7, 11) is 0. The molecule has 0 aliphatic heterocycles. The number of hydrogen-bond acceptors (Lipinski definition) is 3. The van der Waals surface area contributed by atoms with Crippen LogP contribution in [0.1, 0.15) is 26.5 Å². The molecule has 0 aliphatic carbocycles. The normalized spacial score (nSPS) is 15.8. The van der Waals surface area contributed by atoms with Crippen molar-refractivity contribution in [2.75, 3.05) is 6.54 Å². The van der Waals surface area contributed by atoms with Crippen molar-refractivity contribution in [3.8, 4) is 0 Å². The fourth-order valence-corrected chi connectivity index (χ4v) is 1.45. The third-order valence-electron chi connectivity index (χ3n) is 2.62. The van der Waals surface area contributed by atoms with Gasteiger partial charge in [-0.15, -0.1) is 0 Å². The number of hydrogen-bond donors (Lipinski definition) is 1. The fraction of sp³-hybridized carbons (Fsp3) is 0.636. The van der Waals surface area contributed by atoms with E-state index in [1.165, 1.54) is 0 Å². The molecule has 14 heavy (non-hydrogen) atoms. The molecular formula is C11H19NO2. The first-order chi connectivity index (χ1) is 6.65. The zero-order chi connectivity index (χ0) is 10.6. The van der Waals surface area contributed by atoms with Crippen molar-refractivity contribution in [2.24, 2.45) is 0 Å². The van der Waals surface area contributed by atoms with Crippen molar-refractivity contribution in [1.82, 2.24) is 4.90 Å². The SMILES string of the molecule is CCN(Cc1ccco1)C(C)C(C)O. The van der Waals surface area contributed by atoms with Gasteiger partial charge in [-0.25, -0.2) is 0 Å². The first kappa shape index (κ1) is 11.3. The number of aliphatic hydroxyl groups is 1. The number of furan rings is 1. The predicted molar refractivity (Wildman–Crippen MR) is 55.9 cm³/mol. The van der Waals surface area contributed by atoms with E-state index in [2.05, 4.69) is 11.8 Å². The van der Waals surface area contributed by atoms with Gasteiger partial charge in [0, 0.05) is 6.04 Å². The van der Waals surface area contributed by atoms with Gasteiger partial charge in [-0.3, -0.25) is 4.90 Å². The summed E-state index contributed by atoms with van der Waals surface area (Å²) in [4.78, 5) is 2.18. The Hall–Kier alpha value is -0.800. The topological polar surface area (TPSA) is 36.6 Å². The fourth-order valence-electron chi connectivity index (χ4n) is 1.45. The maximum atomic E-state index is 9.48. The summed E-state index contributed by atoms with van der Waals surface area (Å²) in [5, 5.41) is 9.48. The molecule has 0 aliphatic rings. The molecule has 0 bridgehead atoms. The first-order valence-corrected chi connectivity index (χ1v) is 5.09. The standard InChI is InChI=1S/C11H19NO2/c1-4-12(9(2)10(3)13)8-11-6-5-7-14-11/h5-7,9-10,13H,4,8H2,1-3H3. The molecule has 1 N–H and O–H groups in total. The Labute approximate surface area is 85.3 Å². The Morgan fingerprint density at radius 3 is 2.64 bits per heavy atom. The Bertz CT molecular complexity index is 244. The van der Waals surface area contributed by atoms with Crippen LogP contribution < -0.4 is 0 Å². The van der Waals surface area contributed by atoms with Crippen LogP contribution in [0.5, 0.6) is 0 Å². The molecule has 1 rings (SSSR count). The molecule has 0 amide bonds. The smallest absolute Gasteiger partial charge is 0.117 e. The summed E-state index contributed by atoms with van der Waals surface area (Å²) in [6.45, 7) is 7.59. The predicted octanol–water partition coefficient (Wildman–Crippen LogP) is 1.87. The molecule has 2 atom stereocenters. The van der Waals surface area contributed by atoms with Gasteiger partial charge < -0.3 is 9.52 Å². The highest BCUT2D eigenvalue weighted by Gasteiger charge is 2.17. The lowest BCUT2D eigenvalue weighted by Gasteiger charge is -2.28. The lowest BCUT2D eigenvalue weighted by Crippen LogP contribution is -2.39. The van der Waals surface area contributed by atoms with Gasteiger partial charge in [-0.2, -0.15) is 0 Å². The van der Waals surface area contributed by atoms with E-state index >= 15 is 0 Å². The molecular weight excluding hydrogens is 178 g/mol. The van der Waals surface area contributed by atoms with Crippen molar-refractivity contribution < 1.29 is 9.52 Å². The van der Waals surface area contributed by atoms with E-state index in [4.69, 9.17) is 4.42 Å². The number of rotatable bonds is 5. The lowest BCUT2D eigenvalue weighted by atomic mass is 10.2. The summed E-state index contributed by atoms with van der Waals surface area (Å²) in [5.74, 6) is 0.944. The van der Waals surface area contributed by atoms with Crippen LogP contribution in [0.3, 0.4) is 0 Å². The largest absolute Gasteiger partial charge is 0.468 e. The Kier molecular flexibility index (Phi) is 4.17. The van der Waals surface area contributed by atoms with Gasteiger partial charge >= 0.3 is 0 Å². The summed E-state index contributed by atoms with van der Waals surface area (Å²) in [6.07, 6.45) is 1.36. The molecule has 80 valence electrons. The molecule has 0 fully saturated rings. The van der Waals surface area contributed by atoms with Gasteiger partial charge in [-0.05, 0) is 32.5 Å². The molecule has 3 nitrogen and oxygen atoms in total. The van der Waals surface area contributed by atoms with Crippen LogP contribution in [-0.4, -0.2) is 28.7 Å². The van der Waals surface area contributed by atoms with Crippen molar-refractivity contribution >= 4 is 0 Å². The maximum absolute atomic E-state index is 9.48. The van der Waals surface area contributed by atoms with E-state index in [-0.39, 0.29) is 12.1 Å². The van der Waals surface area contributed by atoms with Crippen molar-refractivity contribution in [3.05, 3.63) is 24.2 Å². The summed E-state index contributed by atoms with van der Waals surface area (Å²) < 4.78 is 5.27. The second kappa shape index (κ2) is 5.17. The Morgan fingerprint density at radius 1 is 1.50 bits per heavy atom. The minimum absolute atomic E-state index is 0.157. The molecule has 0 spiro atoms. The Morgan fingerprint density at radius 2 is 2.21 bits per heavy atom. The average molecular weight is 197 g/mol. The van der Waals surface area contributed by atoms with E-state index in [9.17, 15) is 5.11 Å². The van der Waals surface area contributed by atoms with Crippen LogP contribution in [0, 0.1) is 0 Å².